The van der Waals surface area contributed by atoms with Crippen LogP contribution < -0.4 is 15.8 Å². The number of methoxy groups -OCH3 is 1. The lowest BCUT2D eigenvalue weighted by Crippen LogP contribution is -2.30. The van der Waals surface area contributed by atoms with Gasteiger partial charge in [0, 0.05) is 17.6 Å². The number of anilines is 1. The highest BCUT2D eigenvalue weighted by atomic mass is 35.5. The molecule has 0 radical (unpaired) electrons. The molecule has 1 atom stereocenters. The van der Waals surface area contributed by atoms with E-state index in [1.165, 1.54) is 18.6 Å². The molecule has 1 unspecified atom stereocenters. The van der Waals surface area contributed by atoms with E-state index in [1.807, 2.05) is 0 Å². The molecule has 1 N–H and O–H groups in total. The smallest absolute Gasteiger partial charge is 0.419 e. The second kappa shape index (κ2) is 9.04. The standard InChI is InChI=1S/C21H21ClN2O6/c1-12-10-15(18(28-3)11-14(12)22)23-20(26)13(2)29-19(25)8-9-24-16-6-4-5-7-17(16)30-21(24)27/h4-7,10-11,13H,8-9H2,1-3H3,(H,23,26). The molecular formula is C21H21ClN2O6. The number of ether oxygens (including phenoxy) is 2. The van der Waals surface area contributed by atoms with Crippen LogP contribution in [0.1, 0.15) is 18.9 Å². The molecule has 1 heterocycles. The maximum absolute atomic E-state index is 12.4. The summed E-state index contributed by atoms with van der Waals surface area (Å²) >= 11 is 6.06. The van der Waals surface area contributed by atoms with Gasteiger partial charge in [-0.05, 0) is 37.6 Å². The van der Waals surface area contributed by atoms with Crippen molar-refractivity contribution in [3.8, 4) is 5.75 Å². The number of hydrogen-bond donors (Lipinski definition) is 1. The Morgan fingerprint density at radius 3 is 2.73 bits per heavy atom. The van der Waals surface area contributed by atoms with Crippen LogP contribution in [0.3, 0.4) is 0 Å². The van der Waals surface area contributed by atoms with E-state index in [1.54, 1.807) is 43.3 Å². The van der Waals surface area contributed by atoms with Crippen LogP contribution in [0.15, 0.2) is 45.6 Å². The summed E-state index contributed by atoms with van der Waals surface area (Å²) in [6.07, 6.45) is -1.14. The predicted octanol–water partition coefficient (Wildman–Crippen LogP) is 3.53. The Bertz CT molecular complexity index is 1150. The van der Waals surface area contributed by atoms with Gasteiger partial charge < -0.3 is 19.2 Å². The third-order valence-corrected chi connectivity index (χ3v) is 4.94. The number of carbonyl (C=O) groups is 2. The number of halogens is 1. The molecule has 0 bridgehead atoms. The third kappa shape index (κ3) is 4.65. The number of carbonyl (C=O) groups excluding carboxylic acids is 2. The largest absolute Gasteiger partial charge is 0.495 e. The van der Waals surface area contributed by atoms with Crippen LogP contribution in [-0.2, 0) is 20.9 Å². The van der Waals surface area contributed by atoms with Crippen molar-refractivity contribution in [2.45, 2.75) is 32.9 Å². The molecule has 3 aromatic rings. The van der Waals surface area contributed by atoms with Crippen LogP contribution in [0.25, 0.3) is 11.1 Å². The molecule has 0 fully saturated rings. The van der Waals surface area contributed by atoms with Crippen molar-refractivity contribution in [2.75, 3.05) is 12.4 Å². The summed E-state index contributed by atoms with van der Waals surface area (Å²) in [6, 6.07) is 10.2. The lowest BCUT2D eigenvalue weighted by atomic mass is 10.2. The molecular weight excluding hydrogens is 412 g/mol. The number of oxazole rings is 1. The zero-order chi connectivity index (χ0) is 21.8. The number of fused-ring (bicyclic) bond motifs is 1. The van der Waals surface area contributed by atoms with Crippen LogP contribution in [-0.4, -0.2) is 29.7 Å². The number of esters is 1. The first kappa shape index (κ1) is 21.4. The van der Waals surface area contributed by atoms with E-state index in [2.05, 4.69) is 5.32 Å². The molecule has 158 valence electrons. The Balaban J connectivity index is 1.60. The highest BCUT2D eigenvalue weighted by Crippen LogP contribution is 2.31. The Morgan fingerprint density at radius 2 is 2.00 bits per heavy atom. The van der Waals surface area contributed by atoms with Gasteiger partial charge in [0.2, 0.25) is 0 Å². The van der Waals surface area contributed by atoms with E-state index in [0.717, 1.165) is 5.56 Å². The Hall–Kier alpha value is -3.26. The van der Waals surface area contributed by atoms with Crippen molar-refractivity contribution in [1.29, 1.82) is 0 Å². The minimum Gasteiger partial charge on any atom is -0.495 e. The van der Waals surface area contributed by atoms with Crippen molar-refractivity contribution in [3.63, 3.8) is 0 Å². The molecule has 30 heavy (non-hydrogen) atoms. The molecule has 8 nitrogen and oxygen atoms in total. The maximum atomic E-state index is 12.4. The summed E-state index contributed by atoms with van der Waals surface area (Å²) in [4.78, 5) is 36.6. The molecule has 3 rings (SSSR count). The van der Waals surface area contributed by atoms with Crippen molar-refractivity contribution in [1.82, 2.24) is 4.57 Å². The number of aromatic nitrogens is 1. The predicted molar refractivity (Wildman–Crippen MR) is 112 cm³/mol. The van der Waals surface area contributed by atoms with Gasteiger partial charge >= 0.3 is 11.7 Å². The molecule has 1 aromatic heterocycles. The average molecular weight is 433 g/mol. The van der Waals surface area contributed by atoms with Gasteiger partial charge in [-0.25, -0.2) is 4.79 Å². The number of rotatable bonds is 7. The zero-order valence-electron chi connectivity index (χ0n) is 16.7. The van der Waals surface area contributed by atoms with Gasteiger partial charge in [-0.3, -0.25) is 14.2 Å². The van der Waals surface area contributed by atoms with E-state index < -0.39 is 23.7 Å². The lowest BCUT2D eigenvalue weighted by Gasteiger charge is -2.16. The summed E-state index contributed by atoms with van der Waals surface area (Å²) in [7, 11) is 1.46. The fourth-order valence-electron chi connectivity index (χ4n) is 2.90. The number of benzene rings is 2. The topological polar surface area (TPSA) is 99.8 Å². The van der Waals surface area contributed by atoms with Crippen molar-refractivity contribution >= 4 is 40.3 Å². The van der Waals surface area contributed by atoms with Gasteiger partial charge in [0.25, 0.3) is 5.91 Å². The summed E-state index contributed by atoms with van der Waals surface area (Å²) in [5.41, 5.74) is 2.21. The zero-order valence-corrected chi connectivity index (χ0v) is 17.5. The molecule has 0 saturated heterocycles. The number of aryl methyl sites for hydroxylation is 2. The Kier molecular flexibility index (Phi) is 6.47. The first-order valence-electron chi connectivity index (χ1n) is 9.23. The fourth-order valence-corrected chi connectivity index (χ4v) is 3.06. The first-order valence-corrected chi connectivity index (χ1v) is 9.60. The monoisotopic (exact) mass is 432 g/mol. The van der Waals surface area contributed by atoms with E-state index in [-0.39, 0.29) is 13.0 Å². The quantitative estimate of drug-likeness (QED) is 0.573. The molecule has 0 saturated carbocycles. The van der Waals surface area contributed by atoms with Crippen LogP contribution in [0.5, 0.6) is 5.75 Å². The molecule has 2 aromatic carbocycles. The van der Waals surface area contributed by atoms with Crippen molar-refractivity contribution in [2.24, 2.45) is 0 Å². The SMILES string of the molecule is COc1cc(Cl)c(C)cc1NC(=O)C(C)OC(=O)CCn1c(=O)oc2ccccc21. The number of hydrogen-bond acceptors (Lipinski definition) is 6. The Labute approximate surface area is 177 Å². The van der Waals surface area contributed by atoms with Crippen molar-refractivity contribution in [3.05, 3.63) is 57.5 Å². The lowest BCUT2D eigenvalue weighted by molar-refractivity contribution is -0.153. The second-order valence-electron chi connectivity index (χ2n) is 6.66. The molecule has 0 aliphatic heterocycles. The summed E-state index contributed by atoms with van der Waals surface area (Å²) in [5, 5.41) is 3.17. The van der Waals surface area contributed by atoms with E-state index in [4.69, 9.17) is 25.5 Å². The number of amides is 1. The van der Waals surface area contributed by atoms with Crippen LogP contribution >= 0.6 is 11.6 Å². The Morgan fingerprint density at radius 1 is 1.27 bits per heavy atom. The summed E-state index contributed by atoms with van der Waals surface area (Å²) in [5.74, 6) is -1.30. The minimum absolute atomic E-state index is 0.0766. The van der Waals surface area contributed by atoms with Gasteiger partial charge in [0.1, 0.15) is 5.75 Å². The number of nitrogens with one attached hydrogen (secondary N) is 1. The van der Waals surface area contributed by atoms with E-state index in [9.17, 15) is 14.4 Å². The van der Waals surface area contributed by atoms with Gasteiger partial charge in [0.15, 0.2) is 11.7 Å². The maximum Gasteiger partial charge on any atom is 0.419 e. The molecule has 9 heteroatoms. The van der Waals surface area contributed by atoms with Crippen LogP contribution in [0, 0.1) is 6.92 Å². The number of para-hydroxylation sites is 2. The molecule has 0 aliphatic carbocycles. The highest BCUT2D eigenvalue weighted by molar-refractivity contribution is 6.31. The minimum atomic E-state index is -1.05. The third-order valence-electron chi connectivity index (χ3n) is 4.53. The normalized spacial score (nSPS) is 11.9. The molecule has 0 aliphatic rings. The van der Waals surface area contributed by atoms with Gasteiger partial charge in [0.05, 0.1) is 24.7 Å². The molecule has 0 spiro atoms. The summed E-state index contributed by atoms with van der Waals surface area (Å²) < 4.78 is 16.9. The van der Waals surface area contributed by atoms with Crippen LogP contribution in [0.4, 0.5) is 5.69 Å². The van der Waals surface area contributed by atoms with Gasteiger partial charge in [-0.15, -0.1) is 0 Å². The van der Waals surface area contributed by atoms with E-state index in [0.29, 0.717) is 27.6 Å². The highest BCUT2D eigenvalue weighted by Gasteiger charge is 2.20. The van der Waals surface area contributed by atoms with Gasteiger partial charge in [-0.2, -0.15) is 0 Å². The van der Waals surface area contributed by atoms with Gasteiger partial charge in [-0.1, -0.05) is 23.7 Å². The average Bonchev–Trinajstić information content (AvgIpc) is 3.03. The fraction of sp³-hybridized carbons (Fsp3) is 0.286. The second-order valence-corrected chi connectivity index (χ2v) is 7.07. The first-order chi connectivity index (χ1) is 14.3. The van der Waals surface area contributed by atoms with Crippen molar-refractivity contribution < 1.29 is 23.5 Å². The van der Waals surface area contributed by atoms with E-state index >= 15 is 0 Å². The summed E-state index contributed by atoms with van der Waals surface area (Å²) in [6.45, 7) is 3.33. The number of nitrogens with zero attached hydrogens (tertiary/aromatic N) is 1. The van der Waals surface area contributed by atoms with Crippen LogP contribution in [0.2, 0.25) is 5.02 Å². The molecule has 1 amide bonds.